The molecule has 4 unspecified atom stereocenters. The first-order valence-corrected chi connectivity index (χ1v) is 7.78. The van der Waals surface area contributed by atoms with Gasteiger partial charge in [0.1, 0.15) is 24.9 Å². The SMILES string of the molecule is CCCCCN1C(O)C(O)N(CCCCC)C(O)C1O. The number of piperazine rings is 1. The third kappa shape index (κ3) is 4.38. The minimum atomic E-state index is -1.16. The van der Waals surface area contributed by atoms with Gasteiger partial charge in [-0.3, -0.25) is 0 Å². The molecular weight excluding hydrogens is 260 g/mol. The van der Waals surface area contributed by atoms with Gasteiger partial charge in [-0.15, -0.1) is 0 Å². The van der Waals surface area contributed by atoms with E-state index in [0.717, 1.165) is 38.5 Å². The molecule has 0 aromatic carbocycles. The highest BCUT2D eigenvalue weighted by Crippen LogP contribution is 2.23. The molecule has 0 saturated carbocycles. The Hall–Kier alpha value is -0.240. The van der Waals surface area contributed by atoms with Crippen LogP contribution in [0.5, 0.6) is 0 Å². The highest BCUT2D eigenvalue weighted by Gasteiger charge is 2.44. The van der Waals surface area contributed by atoms with Crippen molar-refractivity contribution in [2.75, 3.05) is 13.1 Å². The highest BCUT2D eigenvalue weighted by atomic mass is 16.4. The lowest BCUT2D eigenvalue weighted by Gasteiger charge is -2.48. The standard InChI is InChI=1S/C14H30N2O4/c1-3-5-7-9-15-11(17)13(19)16(10-8-6-4-2)14(20)12(15)18/h11-14,17-20H,3-10H2,1-2H3. The monoisotopic (exact) mass is 290 g/mol. The van der Waals surface area contributed by atoms with Crippen molar-refractivity contribution in [1.29, 1.82) is 0 Å². The van der Waals surface area contributed by atoms with Crippen molar-refractivity contribution >= 4 is 0 Å². The second kappa shape index (κ2) is 8.92. The largest absolute Gasteiger partial charge is 0.374 e. The van der Waals surface area contributed by atoms with Crippen LogP contribution in [0.2, 0.25) is 0 Å². The van der Waals surface area contributed by atoms with E-state index in [1.54, 1.807) is 0 Å². The number of unbranched alkanes of at least 4 members (excludes halogenated alkanes) is 4. The van der Waals surface area contributed by atoms with E-state index in [1.165, 1.54) is 9.80 Å². The number of rotatable bonds is 8. The quantitative estimate of drug-likeness (QED) is 0.480. The summed E-state index contributed by atoms with van der Waals surface area (Å²) in [6.07, 6.45) is 1.05. The lowest BCUT2D eigenvalue weighted by molar-refractivity contribution is -0.297. The normalized spacial score (nSPS) is 32.7. The smallest absolute Gasteiger partial charge is 0.149 e. The maximum absolute atomic E-state index is 10.1. The molecular formula is C14H30N2O4. The van der Waals surface area contributed by atoms with E-state index < -0.39 is 24.9 Å². The molecule has 1 rings (SSSR count). The van der Waals surface area contributed by atoms with E-state index >= 15 is 0 Å². The predicted molar refractivity (Wildman–Crippen MR) is 76.5 cm³/mol. The Bertz CT molecular complexity index is 226. The zero-order valence-corrected chi connectivity index (χ0v) is 12.6. The van der Waals surface area contributed by atoms with Crippen molar-refractivity contribution in [1.82, 2.24) is 9.80 Å². The van der Waals surface area contributed by atoms with E-state index in [1.807, 2.05) is 0 Å². The lowest BCUT2D eigenvalue weighted by atomic mass is 10.1. The van der Waals surface area contributed by atoms with Gasteiger partial charge in [0.25, 0.3) is 0 Å². The average molecular weight is 290 g/mol. The molecule has 0 bridgehead atoms. The molecule has 4 N–H and O–H groups in total. The number of nitrogens with zero attached hydrogens (tertiary/aromatic N) is 2. The van der Waals surface area contributed by atoms with Crippen LogP contribution >= 0.6 is 0 Å². The molecule has 20 heavy (non-hydrogen) atoms. The van der Waals surface area contributed by atoms with Gasteiger partial charge in [0.2, 0.25) is 0 Å². The molecule has 0 aliphatic carbocycles. The molecule has 1 fully saturated rings. The van der Waals surface area contributed by atoms with Crippen molar-refractivity contribution in [2.45, 2.75) is 77.3 Å². The molecule has 1 heterocycles. The molecule has 120 valence electrons. The third-order valence-electron chi connectivity index (χ3n) is 3.93. The zero-order valence-electron chi connectivity index (χ0n) is 12.6. The van der Waals surface area contributed by atoms with Crippen molar-refractivity contribution in [2.24, 2.45) is 0 Å². The molecule has 1 saturated heterocycles. The molecule has 4 atom stereocenters. The molecule has 6 nitrogen and oxygen atoms in total. The molecule has 6 heteroatoms. The number of hydrogen-bond donors (Lipinski definition) is 4. The van der Waals surface area contributed by atoms with Gasteiger partial charge in [0.15, 0.2) is 0 Å². The van der Waals surface area contributed by atoms with E-state index in [4.69, 9.17) is 0 Å². The van der Waals surface area contributed by atoms with Crippen LogP contribution < -0.4 is 0 Å². The fraction of sp³-hybridized carbons (Fsp3) is 1.00. The van der Waals surface area contributed by atoms with Gasteiger partial charge in [-0.05, 0) is 12.8 Å². The number of hydrogen-bond acceptors (Lipinski definition) is 6. The molecule has 1 aliphatic heterocycles. The fourth-order valence-corrected chi connectivity index (χ4v) is 2.62. The summed E-state index contributed by atoms with van der Waals surface area (Å²) in [5, 5.41) is 40.5. The first-order valence-electron chi connectivity index (χ1n) is 7.78. The van der Waals surface area contributed by atoms with Gasteiger partial charge in [-0.2, -0.15) is 0 Å². The summed E-state index contributed by atoms with van der Waals surface area (Å²) in [4.78, 5) is 2.75. The first-order chi connectivity index (χ1) is 9.54. The Labute approximate surface area is 121 Å². The predicted octanol–water partition coefficient (Wildman–Crippen LogP) is 0.258. The van der Waals surface area contributed by atoms with Gasteiger partial charge in [-0.25, -0.2) is 9.80 Å². The highest BCUT2D eigenvalue weighted by molar-refractivity contribution is 4.84. The van der Waals surface area contributed by atoms with Crippen LogP contribution in [0.25, 0.3) is 0 Å². The van der Waals surface area contributed by atoms with E-state index in [-0.39, 0.29) is 0 Å². The molecule has 0 radical (unpaired) electrons. The van der Waals surface area contributed by atoms with E-state index in [0.29, 0.717) is 13.1 Å². The van der Waals surface area contributed by atoms with Gasteiger partial charge in [0, 0.05) is 13.1 Å². The van der Waals surface area contributed by atoms with Crippen LogP contribution in [-0.4, -0.2) is 68.2 Å². The summed E-state index contributed by atoms with van der Waals surface area (Å²) in [5.41, 5.74) is 0. The van der Waals surface area contributed by atoms with Crippen LogP contribution in [0.3, 0.4) is 0 Å². The lowest BCUT2D eigenvalue weighted by Crippen LogP contribution is -2.68. The minimum absolute atomic E-state index is 0.465. The maximum Gasteiger partial charge on any atom is 0.149 e. The Kier molecular flexibility index (Phi) is 7.94. The molecule has 0 amide bonds. The van der Waals surface area contributed by atoms with Crippen LogP contribution in [0.15, 0.2) is 0 Å². The van der Waals surface area contributed by atoms with Gasteiger partial charge in [0.05, 0.1) is 0 Å². The van der Waals surface area contributed by atoms with Gasteiger partial charge >= 0.3 is 0 Å². The zero-order chi connectivity index (χ0) is 15.1. The van der Waals surface area contributed by atoms with Crippen LogP contribution in [-0.2, 0) is 0 Å². The molecule has 0 aromatic heterocycles. The minimum Gasteiger partial charge on any atom is -0.374 e. The first kappa shape index (κ1) is 17.8. The van der Waals surface area contributed by atoms with Gasteiger partial charge < -0.3 is 20.4 Å². The summed E-state index contributed by atoms with van der Waals surface area (Å²) in [7, 11) is 0. The van der Waals surface area contributed by atoms with E-state index in [9.17, 15) is 20.4 Å². The Morgan fingerprint density at radius 3 is 1.15 bits per heavy atom. The Morgan fingerprint density at radius 2 is 0.900 bits per heavy atom. The average Bonchev–Trinajstić information content (AvgIpc) is 2.44. The molecule has 0 spiro atoms. The van der Waals surface area contributed by atoms with Crippen LogP contribution in [0, 0.1) is 0 Å². The number of aliphatic hydroxyl groups excluding tert-OH is 4. The summed E-state index contributed by atoms with van der Waals surface area (Å²) >= 11 is 0. The summed E-state index contributed by atoms with van der Waals surface area (Å²) in [5.74, 6) is 0. The fourth-order valence-electron chi connectivity index (χ4n) is 2.62. The van der Waals surface area contributed by atoms with E-state index in [2.05, 4.69) is 13.8 Å². The Balaban J connectivity index is 2.59. The molecule has 0 aromatic rings. The number of aliphatic hydroxyl groups is 4. The van der Waals surface area contributed by atoms with Crippen molar-refractivity contribution in [3.05, 3.63) is 0 Å². The summed E-state index contributed by atoms with van der Waals surface area (Å²) in [6.45, 7) is 5.07. The van der Waals surface area contributed by atoms with Crippen molar-refractivity contribution in [3.63, 3.8) is 0 Å². The summed E-state index contributed by atoms with van der Waals surface area (Å²) < 4.78 is 0. The topological polar surface area (TPSA) is 87.4 Å². The van der Waals surface area contributed by atoms with Crippen molar-refractivity contribution in [3.8, 4) is 0 Å². The second-order valence-electron chi connectivity index (χ2n) is 5.54. The Morgan fingerprint density at radius 1 is 0.600 bits per heavy atom. The maximum atomic E-state index is 10.1. The molecule has 1 aliphatic rings. The van der Waals surface area contributed by atoms with Crippen LogP contribution in [0.4, 0.5) is 0 Å². The van der Waals surface area contributed by atoms with Crippen molar-refractivity contribution < 1.29 is 20.4 Å². The summed E-state index contributed by atoms with van der Waals surface area (Å²) in [6, 6.07) is 0. The second-order valence-corrected chi connectivity index (χ2v) is 5.54. The van der Waals surface area contributed by atoms with Gasteiger partial charge in [-0.1, -0.05) is 39.5 Å². The van der Waals surface area contributed by atoms with Crippen LogP contribution in [0.1, 0.15) is 52.4 Å². The third-order valence-corrected chi connectivity index (χ3v) is 3.93.